The van der Waals surface area contributed by atoms with E-state index in [0.717, 1.165) is 11.5 Å². The van der Waals surface area contributed by atoms with Crippen molar-refractivity contribution in [2.75, 3.05) is 24.6 Å². The number of nitrogens with zero attached hydrogens (tertiary/aromatic N) is 6. The predicted molar refractivity (Wildman–Crippen MR) is 102 cm³/mol. The van der Waals surface area contributed by atoms with Crippen LogP contribution in [0.15, 0.2) is 42.6 Å². The molecule has 9 nitrogen and oxygen atoms in total. The fraction of sp³-hybridized carbons (Fsp3) is 0.235. The molecule has 0 amide bonds. The summed E-state index contributed by atoms with van der Waals surface area (Å²) in [4.78, 5) is 19.5. The number of morpholine rings is 1. The fourth-order valence-corrected chi connectivity index (χ4v) is 3.13. The summed E-state index contributed by atoms with van der Waals surface area (Å²) >= 11 is 6.00. The van der Waals surface area contributed by atoms with Crippen molar-refractivity contribution in [1.29, 1.82) is 5.41 Å². The molecule has 1 aliphatic heterocycles. The molecule has 4 heterocycles. The van der Waals surface area contributed by atoms with E-state index in [9.17, 15) is 0 Å². The number of anilines is 1. The molecule has 0 aliphatic carbocycles. The zero-order valence-electron chi connectivity index (χ0n) is 14.3. The lowest BCUT2D eigenvalue weighted by atomic mass is 10.1. The molecule has 0 saturated carbocycles. The molecule has 0 bridgehead atoms. The number of ether oxygens (including phenoxy) is 1. The van der Waals surface area contributed by atoms with E-state index in [2.05, 4.69) is 19.9 Å². The number of halogens is 1. The van der Waals surface area contributed by atoms with E-state index in [1.165, 1.54) is 12.4 Å². The Balaban J connectivity index is 1.66. The number of fused-ring (bicyclic) bond motifs is 1. The molecule has 3 aromatic heterocycles. The minimum atomic E-state index is -0.264. The molecule has 27 heavy (non-hydrogen) atoms. The lowest BCUT2D eigenvalue weighted by Crippen LogP contribution is -2.44. The first-order valence-corrected chi connectivity index (χ1v) is 8.68. The maximum atomic E-state index is 7.47. The Morgan fingerprint density at radius 2 is 2.22 bits per heavy atom. The summed E-state index contributed by atoms with van der Waals surface area (Å²) in [7, 11) is 0. The van der Waals surface area contributed by atoms with Crippen molar-refractivity contribution >= 4 is 29.3 Å². The second kappa shape index (κ2) is 7.29. The van der Waals surface area contributed by atoms with Gasteiger partial charge < -0.3 is 20.8 Å². The Kier molecular flexibility index (Phi) is 4.69. The summed E-state index contributed by atoms with van der Waals surface area (Å²) < 4.78 is 7.53. The van der Waals surface area contributed by atoms with Crippen molar-refractivity contribution in [3.05, 3.63) is 47.8 Å². The van der Waals surface area contributed by atoms with E-state index in [-0.39, 0.29) is 6.10 Å². The van der Waals surface area contributed by atoms with Crippen molar-refractivity contribution in [1.82, 2.24) is 24.3 Å². The highest BCUT2D eigenvalue weighted by atomic mass is 35.5. The fourth-order valence-electron chi connectivity index (χ4n) is 2.99. The van der Waals surface area contributed by atoms with Crippen LogP contribution in [0.25, 0.3) is 17.2 Å². The maximum absolute atomic E-state index is 7.47. The molecule has 4 rings (SSSR count). The molecule has 3 aromatic rings. The number of aromatic nitrogens is 5. The molecular formula is C17H17ClN8O. The van der Waals surface area contributed by atoms with Crippen molar-refractivity contribution in [3.63, 3.8) is 0 Å². The van der Waals surface area contributed by atoms with Crippen LogP contribution in [-0.4, -0.2) is 56.4 Å². The minimum Gasteiger partial charge on any atom is -0.404 e. The number of imidazole rings is 1. The highest BCUT2D eigenvalue weighted by molar-refractivity contribution is 6.29. The molecule has 0 spiro atoms. The van der Waals surface area contributed by atoms with Gasteiger partial charge in [-0.15, -0.1) is 0 Å². The van der Waals surface area contributed by atoms with Crippen LogP contribution in [0, 0.1) is 5.41 Å². The summed E-state index contributed by atoms with van der Waals surface area (Å²) in [6.07, 6.45) is 9.04. The van der Waals surface area contributed by atoms with Gasteiger partial charge >= 0.3 is 0 Å². The van der Waals surface area contributed by atoms with Crippen LogP contribution in [0.1, 0.15) is 0 Å². The third kappa shape index (κ3) is 3.34. The van der Waals surface area contributed by atoms with Crippen LogP contribution in [0.2, 0.25) is 5.15 Å². The van der Waals surface area contributed by atoms with Gasteiger partial charge in [0.2, 0.25) is 0 Å². The second-order valence-corrected chi connectivity index (χ2v) is 6.32. The van der Waals surface area contributed by atoms with Gasteiger partial charge in [-0.25, -0.2) is 19.9 Å². The monoisotopic (exact) mass is 384 g/mol. The van der Waals surface area contributed by atoms with Crippen LogP contribution in [0.5, 0.6) is 0 Å². The maximum Gasteiger partial charge on any atom is 0.180 e. The highest BCUT2D eigenvalue weighted by Crippen LogP contribution is 2.22. The number of rotatable bonds is 4. The summed E-state index contributed by atoms with van der Waals surface area (Å²) in [6, 6.07) is 1.85. The number of hydrogen-bond acceptors (Lipinski definition) is 8. The first-order chi connectivity index (χ1) is 13.2. The van der Waals surface area contributed by atoms with E-state index in [1.54, 1.807) is 29.2 Å². The van der Waals surface area contributed by atoms with E-state index in [0.29, 0.717) is 41.9 Å². The first-order valence-electron chi connectivity index (χ1n) is 8.30. The average molecular weight is 385 g/mol. The summed E-state index contributed by atoms with van der Waals surface area (Å²) in [5, 5.41) is 7.83. The molecule has 1 saturated heterocycles. The van der Waals surface area contributed by atoms with Gasteiger partial charge in [-0.2, -0.15) is 0 Å². The van der Waals surface area contributed by atoms with E-state index in [4.69, 9.17) is 32.5 Å². The number of hydrogen-bond donors (Lipinski definition) is 2. The molecule has 1 atom stereocenters. The van der Waals surface area contributed by atoms with Gasteiger partial charge in [-0.1, -0.05) is 11.6 Å². The smallest absolute Gasteiger partial charge is 0.180 e. The Hall–Kier alpha value is -3.04. The van der Waals surface area contributed by atoms with Gasteiger partial charge in [-0.3, -0.25) is 4.40 Å². The van der Waals surface area contributed by atoms with Crippen LogP contribution in [-0.2, 0) is 4.74 Å². The summed E-state index contributed by atoms with van der Waals surface area (Å²) in [5.74, 6) is 1.30. The van der Waals surface area contributed by atoms with E-state index < -0.39 is 0 Å². The van der Waals surface area contributed by atoms with E-state index in [1.807, 2.05) is 6.07 Å². The van der Waals surface area contributed by atoms with E-state index >= 15 is 0 Å². The van der Waals surface area contributed by atoms with Crippen LogP contribution < -0.4 is 10.6 Å². The van der Waals surface area contributed by atoms with Crippen molar-refractivity contribution in [2.45, 2.75) is 6.10 Å². The number of nitrogens with two attached hydrogens (primary N) is 1. The Morgan fingerprint density at radius 1 is 1.33 bits per heavy atom. The lowest BCUT2D eigenvalue weighted by Gasteiger charge is -2.34. The standard InChI is InChI=1S/C17H17ClN8O/c18-14-10-26-12(7-23-16(26)8-22-14)17-21-2-1-15(24-17)25-3-4-27-13(9-25)11(5-19)6-20/h1-2,5-8,10,13,19H,3-4,9,20H2. The van der Waals surface area contributed by atoms with Crippen LogP contribution in [0.4, 0.5) is 5.82 Å². The SMILES string of the molecule is N=CC(=CN)C1CN(c2ccnc(-c3cnc4cnc(Cl)cn34)n2)CCO1. The van der Waals surface area contributed by atoms with Gasteiger partial charge in [0.25, 0.3) is 0 Å². The molecule has 1 fully saturated rings. The number of nitrogens with one attached hydrogen (secondary N) is 1. The van der Waals surface area contributed by atoms with Crippen molar-refractivity contribution < 1.29 is 4.74 Å². The van der Waals surface area contributed by atoms with Gasteiger partial charge in [-0.05, 0) is 6.07 Å². The summed E-state index contributed by atoms with van der Waals surface area (Å²) in [5.41, 5.74) is 7.62. The molecule has 1 unspecified atom stereocenters. The van der Waals surface area contributed by atoms with Crippen molar-refractivity contribution in [2.24, 2.45) is 5.73 Å². The van der Waals surface area contributed by atoms with Gasteiger partial charge in [0.15, 0.2) is 11.5 Å². The average Bonchev–Trinajstić information content (AvgIpc) is 3.12. The highest BCUT2D eigenvalue weighted by Gasteiger charge is 2.24. The Morgan fingerprint density at radius 3 is 3.04 bits per heavy atom. The second-order valence-electron chi connectivity index (χ2n) is 5.94. The van der Waals surface area contributed by atoms with Crippen molar-refractivity contribution in [3.8, 4) is 11.5 Å². The topological polar surface area (TPSA) is 118 Å². The molecular weight excluding hydrogens is 368 g/mol. The molecule has 138 valence electrons. The van der Waals surface area contributed by atoms with Gasteiger partial charge in [0, 0.05) is 43.5 Å². The predicted octanol–water partition coefficient (Wildman–Crippen LogP) is 1.54. The largest absolute Gasteiger partial charge is 0.404 e. The molecule has 3 N–H and O–H groups in total. The quantitative estimate of drug-likeness (QED) is 0.655. The van der Waals surface area contributed by atoms with Crippen LogP contribution >= 0.6 is 11.6 Å². The lowest BCUT2D eigenvalue weighted by molar-refractivity contribution is 0.0676. The zero-order chi connectivity index (χ0) is 18.8. The Labute approximate surface area is 160 Å². The Bertz CT molecular complexity index is 1020. The third-order valence-electron chi connectivity index (χ3n) is 4.36. The molecule has 0 radical (unpaired) electrons. The van der Waals surface area contributed by atoms with Gasteiger partial charge in [0.05, 0.1) is 19.0 Å². The molecule has 10 heteroatoms. The normalized spacial score (nSPS) is 18.0. The zero-order valence-corrected chi connectivity index (χ0v) is 15.0. The minimum absolute atomic E-state index is 0.264. The molecule has 1 aliphatic rings. The van der Waals surface area contributed by atoms with Crippen LogP contribution in [0.3, 0.4) is 0 Å². The first kappa shape index (κ1) is 17.4. The summed E-state index contributed by atoms with van der Waals surface area (Å²) in [6.45, 7) is 1.76. The third-order valence-corrected chi connectivity index (χ3v) is 4.55. The van der Waals surface area contributed by atoms with Gasteiger partial charge in [0.1, 0.15) is 22.8 Å². The molecule has 0 aromatic carbocycles.